The monoisotopic (exact) mass is 295 g/mol. The van der Waals surface area contributed by atoms with Crippen LogP contribution in [0.25, 0.3) is 0 Å². The first kappa shape index (κ1) is 13.1. The third-order valence-corrected chi connectivity index (χ3v) is 4.19. The third kappa shape index (κ3) is 2.74. The number of halogens is 2. The van der Waals surface area contributed by atoms with Gasteiger partial charge in [-0.3, -0.25) is 10.1 Å². The van der Waals surface area contributed by atoms with E-state index < -0.39 is 18.1 Å². The number of nitrogens with one attached hydrogen (secondary N) is 1. The molecule has 1 fully saturated rings. The number of carbonyl (C=O) groups is 1. The van der Waals surface area contributed by atoms with Gasteiger partial charge < -0.3 is 9.84 Å². The molecule has 94 valence electrons. The van der Waals surface area contributed by atoms with Crippen molar-refractivity contribution in [1.29, 1.82) is 0 Å². The summed E-state index contributed by atoms with van der Waals surface area (Å²) in [5.74, 6) is -0.912. The number of carboxylic acid groups (broad SMARTS) is 1. The molecule has 1 aromatic rings. The zero-order chi connectivity index (χ0) is 12.6. The lowest BCUT2D eigenvalue weighted by molar-refractivity contribution is -0.149. The molecular formula is C10H11Cl2NO3S. The van der Waals surface area contributed by atoms with Gasteiger partial charge >= 0.3 is 5.97 Å². The van der Waals surface area contributed by atoms with E-state index in [-0.39, 0.29) is 6.10 Å². The number of hydrogen-bond acceptors (Lipinski definition) is 4. The Balaban J connectivity index is 2.12. The van der Waals surface area contributed by atoms with E-state index in [1.165, 1.54) is 11.3 Å². The molecule has 0 spiro atoms. The summed E-state index contributed by atoms with van der Waals surface area (Å²) in [5.41, 5.74) is 0.810. The van der Waals surface area contributed by atoms with Crippen molar-refractivity contribution in [3.05, 3.63) is 20.3 Å². The highest BCUT2D eigenvalue weighted by atomic mass is 35.5. The summed E-state index contributed by atoms with van der Waals surface area (Å²) in [5, 5.41) is 11.9. The van der Waals surface area contributed by atoms with E-state index in [4.69, 9.17) is 33.0 Å². The van der Waals surface area contributed by atoms with Crippen LogP contribution < -0.4 is 5.32 Å². The molecule has 7 heteroatoms. The second-order valence-corrected chi connectivity index (χ2v) is 6.12. The van der Waals surface area contributed by atoms with E-state index >= 15 is 0 Å². The van der Waals surface area contributed by atoms with Gasteiger partial charge in [-0.15, -0.1) is 11.3 Å². The van der Waals surface area contributed by atoms with E-state index in [0.717, 1.165) is 5.56 Å². The summed E-state index contributed by atoms with van der Waals surface area (Å²) >= 11 is 13.2. The largest absolute Gasteiger partial charge is 0.480 e. The Morgan fingerprint density at radius 3 is 2.82 bits per heavy atom. The van der Waals surface area contributed by atoms with Gasteiger partial charge in [0.2, 0.25) is 0 Å². The Labute approximate surface area is 112 Å². The van der Waals surface area contributed by atoms with Crippen LogP contribution >= 0.6 is 34.5 Å². The summed E-state index contributed by atoms with van der Waals surface area (Å²) in [7, 11) is 0. The van der Waals surface area contributed by atoms with Gasteiger partial charge in [-0.05, 0) is 13.0 Å². The zero-order valence-corrected chi connectivity index (χ0v) is 11.3. The minimum Gasteiger partial charge on any atom is -0.480 e. The fraction of sp³-hybridized carbons (Fsp3) is 0.500. The zero-order valence-electron chi connectivity index (χ0n) is 8.94. The quantitative estimate of drug-likeness (QED) is 0.880. The summed E-state index contributed by atoms with van der Waals surface area (Å²) < 4.78 is 6.85. The maximum absolute atomic E-state index is 10.9. The molecule has 0 aromatic carbocycles. The van der Waals surface area contributed by atoms with Gasteiger partial charge in [0.1, 0.15) is 10.4 Å². The third-order valence-electron chi connectivity index (χ3n) is 2.67. The van der Waals surface area contributed by atoms with Crippen LogP contribution in [0.5, 0.6) is 0 Å². The molecule has 2 heterocycles. The lowest BCUT2D eigenvalue weighted by atomic mass is 10.1. The Morgan fingerprint density at radius 1 is 1.65 bits per heavy atom. The molecule has 0 amide bonds. The fourth-order valence-corrected chi connectivity index (χ4v) is 3.39. The fourth-order valence-electron chi connectivity index (χ4n) is 1.83. The van der Waals surface area contributed by atoms with Gasteiger partial charge in [-0.2, -0.15) is 0 Å². The Kier molecular flexibility index (Phi) is 3.95. The number of rotatable bonds is 2. The molecule has 0 saturated carbocycles. The molecule has 1 aliphatic heterocycles. The van der Waals surface area contributed by atoms with Crippen molar-refractivity contribution in [2.24, 2.45) is 0 Å². The van der Waals surface area contributed by atoms with Crippen molar-refractivity contribution in [3.8, 4) is 0 Å². The summed E-state index contributed by atoms with van der Waals surface area (Å²) in [4.78, 5) is 10.9. The average Bonchev–Trinajstić information content (AvgIpc) is 2.57. The van der Waals surface area contributed by atoms with Gasteiger partial charge in [0.25, 0.3) is 0 Å². The molecule has 2 N–H and O–H groups in total. The first-order valence-electron chi connectivity index (χ1n) is 5.05. The maximum Gasteiger partial charge on any atom is 0.323 e. The molecule has 0 radical (unpaired) electrons. The minimum atomic E-state index is -0.912. The second kappa shape index (κ2) is 5.12. The summed E-state index contributed by atoms with van der Waals surface area (Å²) in [6, 6.07) is 1.08. The van der Waals surface area contributed by atoms with Crippen LogP contribution in [-0.2, 0) is 9.53 Å². The van der Waals surface area contributed by atoms with Crippen molar-refractivity contribution >= 4 is 40.5 Å². The second-order valence-electron chi connectivity index (χ2n) is 3.83. The summed E-state index contributed by atoms with van der Waals surface area (Å²) in [6.45, 7) is 2.13. The smallest absolute Gasteiger partial charge is 0.323 e. The highest BCUT2D eigenvalue weighted by Crippen LogP contribution is 2.37. The highest BCUT2D eigenvalue weighted by Gasteiger charge is 2.34. The lowest BCUT2D eigenvalue weighted by Crippen LogP contribution is -2.52. The van der Waals surface area contributed by atoms with Crippen LogP contribution in [0.4, 0.5) is 0 Å². The summed E-state index contributed by atoms with van der Waals surface area (Å²) in [6.07, 6.45) is -0.669. The standard InChI is InChI=1S/C10H11Cl2NO3S/c1-4-8(10(14)15)13-3-6(16-4)5-2-7(11)17-9(5)12/h2,4,6,8,13H,3H2,1H3,(H,14,15). The number of hydrogen-bond donors (Lipinski definition) is 2. The Morgan fingerprint density at radius 2 is 2.35 bits per heavy atom. The molecule has 3 atom stereocenters. The van der Waals surface area contributed by atoms with Crippen LogP contribution in [-0.4, -0.2) is 29.8 Å². The lowest BCUT2D eigenvalue weighted by Gasteiger charge is -2.33. The molecule has 1 aliphatic rings. The van der Waals surface area contributed by atoms with Crippen molar-refractivity contribution in [2.75, 3.05) is 6.54 Å². The predicted molar refractivity (Wildman–Crippen MR) is 67.1 cm³/mol. The predicted octanol–water partition coefficient (Wildman–Crippen LogP) is 2.56. The minimum absolute atomic E-state index is 0.253. The van der Waals surface area contributed by atoms with Crippen molar-refractivity contribution in [2.45, 2.75) is 25.2 Å². The van der Waals surface area contributed by atoms with Gasteiger partial charge in [0, 0.05) is 12.1 Å². The number of thiophene rings is 1. The van der Waals surface area contributed by atoms with E-state index in [0.29, 0.717) is 15.2 Å². The maximum atomic E-state index is 10.9. The van der Waals surface area contributed by atoms with Gasteiger partial charge in [-0.1, -0.05) is 23.2 Å². The van der Waals surface area contributed by atoms with Gasteiger partial charge in [0.05, 0.1) is 16.5 Å². The van der Waals surface area contributed by atoms with E-state index in [2.05, 4.69) is 5.32 Å². The Hall–Kier alpha value is -0.330. The molecule has 0 bridgehead atoms. The average molecular weight is 296 g/mol. The van der Waals surface area contributed by atoms with Crippen LogP contribution in [0, 0.1) is 0 Å². The van der Waals surface area contributed by atoms with E-state index in [1.807, 2.05) is 0 Å². The molecule has 4 nitrogen and oxygen atoms in total. The molecule has 1 aromatic heterocycles. The van der Waals surface area contributed by atoms with Gasteiger partial charge in [-0.25, -0.2) is 0 Å². The number of ether oxygens (including phenoxy) is 1. The first-order chi connectivity index (χ1) is 7.99. The van der Waals surface area contributed by atoms with Gasteiger partial charge in [0.15, 0.2) is 0 Å². The Bertz CT molecular complexity index is 437. The highest BCUT2D eigenvalue weighted by molar-refractivity contribution is 7.20. The molecule has 0 aliphatic carbocycles. The van der Waals surface area contributed by atoms with Crippen molar-refractivity contribution in [3.63, 3.8) is 0 Å². The number of carboxylic acids is 1. The molecule has 17 heavy (non-hydrogen) atoms. The molecule has 1 saturated heterocycles. The SMILES string of the molecule is CC1OC(c2cc(Cl)sc2Cl)CNC1C(=O)O. The number of morpholine rings is 1. The normalized spacial score (nSPS) is 29.2. The van der Waals surface area contributed by atoms with Crippen LogP contribution in [0.1, 0.15) is 18.6 Å². The van der Waals surface area contributed by atoms with E-state index in [9.17, 15) is 4.79 Å². The van der Waals surface area contributed by atoms with Crippen LogP contribution in [0.3, 0.4) is 0 Å². The van der Waals surface area contributed by atoms with Crippen molar-refractivity contribution in [1.82, 2.24) is 5.32 Å². The molecular weight excluding hydrogens is 285 g/mol. The van der Waals surface area contributed by atoms with Crippen LogP contribution in [0.15, 0.2) is 6.07 Å². The van der Waals surface area contributed by atoms with E-state index in [1.54, 1.807) is 13.0 Å². The molecule has 2 rings (SSSR count). The topological polar surface area (TPSA) is 58.6 Å². The van der Waals surface area contributed by atoms with Crippen LogP contribution in [0.2, 0.25) is 8.67 Å². The number of aliphatic carboxylic acids is 1. The molecule has 3 unspecified atom stereocenters. The van der Waals surface area contributed by atoms with Crippen molar-refractivity contribution < 1.29 is 14.6 Å². The first-order valence-corrected chi connectivity index (χ1v) is 6.62.